The maximum absolute atomic E-state index is 12.3. The smallest absolute Gasteiger partial charge is 0.339 e. The number of benzene rings is 1. The van der Waals surface area contributed by atoms with Crippen molar-refractivity contribution in [2.75, 3.05) is 13.7 Å². The van der Waals surface area contributed by atoms with Crippen LogP contribution in [0.1, 0.15) is 63.6 Å². The lowest BCUT2D eigenvalue weighted by atomic mass is 9.88. The Morgan fingerprint density at radius 1 is 0.714 bits per heavy atom. The van der Waals surface area contributed by atoms with Crippen LogP contribution in [0.3, 0.4) is 0 Å². The third-order valence-electron chi connectivity index (χ3n) is 5.44. The fraction of sp³-hybridized carbons (Fsp3) is 0.500. The Morgan fingerprint density at radius 2 is 1.24 bits per heavy atom. The first-order valence-electron chi connectivity index (χ1n) is 12.2. The van der Waals surface area contributed by atoms with Crippen molar-refractivity contribution >= 4 is 41.8 Å². The van der Waals surface area contributed by atoms with Crippen molar-refractivity contribution in [1.29, 1.82) is 0 Å². The molecule has 1 aliphatic rings. The lowest BCUT2D eigenvalue weighted by Crippen LogP contribution is -2.59. The molecule has 16 heteroatoms. The molecule has 0 bridgehead atoms. The summed E-state index contributed by atoms with van der Waals surface area (Å²) in [6.45, 7) is 5.50. The van der Waals surface area contributed by atoms with Gasteiger partial charge in [-0.15, -0.1) is 0 Å². The number of ether oxygens (including phenoxy) is 8. The number of aromatic carboxylic acids is 1. The molecule has 0 aliphatic carbocycles. The van der Waals surface area contributed by atoms with Gasteiger partial charge in [0.2, 0.25) is 0 Å². The van der Waals surface area contributed by atoms with Crippen LogP contribution < -0.4 is 14.2 Å². The molecule has 1 fully saturated rings. The highest BCUT2D eigenvalue weighted by atomic mass is 16.7. The predicted molar refractivity (Wildman–Crippen MR) is 133 cm³/mol. The average molecular weight is 599 g/mol. The van der Waals surface area contributed by atoms with Crippen molar-refractivity contribution < 1.29 is 76.6 Å². The lowest BCUT2D eigenvalue weighted by molar-refractivity contribution is -0.254. The van der Waals surface area contributed by atoms with E-state index in [9.17, 15) is 38.7 Å². The molecule has 42 heavy (non-hydrogen) atoms. The van der Waals surface area contributed by atoms with E-state index < -0.39 is 107 Å². The van der Waals surface area contributed by atoms with Gasteiger partial charge in [-0.2, -0.15) is 0 Å². The SMILES string of the molecule is COc1c(C(=O)O)cc(OC(C)=O)c(OC(C)=O)c1[C@H]1O[C@H](COC(C)=O)[C@@H](OC(C)=O)[C@H](OC(C)=O)[C@H]1OC(C)=O. The summed E-state index contributed by atoms with van der Waals surface area (Å²) >= 11 is 0. The lowest BCUT2D eigenvalue weighted by Gasteiger charge is -2.45. The largest absolute Gasteiger partial charge is 0.495 e. The highest BCUT2D eigenvalue weighted by Gasteiger charge is 2.54. The van der Waals surface area contributed by atoms with E-state index in [-0.39, 0.29) is 0 Å². The van der Waals surface area contributed by atoms with Crippen molar-refractivity contribution in [1.82, 2.24) is 0 Å². The Balaban J connectivity index is 3.04. The van der Waals surface area contributed by atoms with Crippen molar-refractivity contribution in [3.8, 4) is 17.2 Å². The molecule has 1 aromatic rings. The van der Waals surface area contributed by atoms with Crippen LogP contribution in [0.2, 0.25) is 0 Å². The molecule has 0 radical (unpaired) electrons. The highest BCUT2D eigenvalue weighted by molar-refractivity contribution is 5.94. The van der Waals surface area contributed by atoms with Gasteiger partial charge in [-0.05, 0) is 0 Å². The minimum absolute atomic E-state index is 0.429. The van der Waals surface area contributed by atoms with Crippen LogP contribution in [0.4, 0.5) is 0 Å². The summed E-state index contributed by atoms with van der Waals surface area (Å²) in [7, 11) is 1.07. The quantitative estimate of drug-likeness (QED) is 0.226. The molecule has 1 N–H and O–H groups in total. The number of rotatable bonds is 10. The number of methoxy groups -OCH3 is 1. The van der Waals surface area contributed by atoms with Crippen LogP contribution in [0.5, 0.6) is 17.2 Å². The van der Waals surface area contributed by atoms with Crippen LogP contribution in [-0.2, 0) is 52.5 Å². The Hall–Kier alpha value is -4.73. The summed E-state index contributed by atoms with van der Waals surface area (Å²) < 4.78 is 43.1. The number of hydrogen-bond donors (Lipinski definition) is 1. The zero-order valence-corrected chi connectivity index (χ0v) is 23.7. The monoisotopic (exact) mass is 598 g/mol. The molecule has 0 saturated carbocycles. The molecule has 5 atom stereocenters. The maximum Gasteiger partial charge on any atom is 0.339 e. The molecule has 2 rings (SSSR count). The number of carbonyl (C=O) groups is 7. The highest BCUT2D eigenvalue weighted by Crippen LogP contribution is 2.50. The minimum Gasteiger partial charge on any atom is -0.495 e. The summed E-state index contributed by atoms with van der Waals surface area (Å²) in [4.78, 5) is 84.4. The van der Waals surface area contributed by atoms with Crippen LogP contribution in [-0.4, -0.2) is 85.0 Å². The molecular weight excluding hydrogens is 568 g/mol. The van der Waals surface area contributed by atoms with Gasteiger partial charge in [-0.1, -0.05) is 0 Å². The normalized spacial score (nSPS) is 21.3. The second-order valence-electron chi connectivity index (χ2n) is 8.81. The molecule has 0 spiro atoms. The third-order valence-corrected chi connectivity index (χ3v) is 5.44. The van der Waals surface area contributed by atoms with E-state index in [1.54, 1.807) is 0 Å². The first kappa shape index (κ1) is 33.5. The third kappa shape index (κ3) is 8.39. The van der Waals surface area contributed by atoms with E-state index in [2.05, 4.69) is 0 Å². The van der Waals surface area contributed by atoms with Gasteiger partial charge < -0.3 is 43.0 Å². The molecule has 0 unspecified atom stereocenters. The predicted octanol–water partition coefficient (Wildman–Crippen LogP) is 1.04. The van der Waals surface area contributed by atoms with E-state index in [0.717, 1.165) is 54.7 Å². The zero-order chi connectivity index (χ0) is 31.9. The number of carboxylic acid groups (broad SMARTS) is 1. The fourth-order valence-corrected chi connectivity index (χ4v) is 4.22. The van der Waals surface area contributed by atoms with Crippen LogP contribution in [0.25, 0.3) is 0 Å². The standard InChI is InChI=1S/C26H30O16/c1-10(27)36-9-18-22(39-13(4)30)24(40-14(5)31)25(41-15(6)32)23(42-18)19-20(35-7)16(26(33)34)8-17(37-11(2)28)21(19)38-12(3)29/h8,18,22-25H,9H2,1-7H3,(H,33,34)/t18-,22-,23-,24+,25+/m1/s1. The summed E-state index contributed by atoms with van der Waals surface area (Å²) in [6, 6.07) is 0.857. The van der Waals surface area contributed by atoms with E-state index >= 15 is 0 Å². The number of esters is 6. The summed E-state index contributed by atoms with van der Waals surface area (Å²) in [5.74, 6) is -8.61. The molecular formula is C26H30O16. The first-order valence-corrected chi connectivity index (χ1v) is 12.2. The number of hydrogen-bond acceptors (Lipinski definition) is 15. The molecule has 0 aromatic heterocycles. The van der Waals surface area contributed by atoms with Crippen molar-refractivity contribution in [2.24, 2.45) is 0 Å². The second-order valence-corrected chi connectivity index (χ2v) is 8.81. The van der Waals surface area contributed by atoms with Gasteiger partial charge in [0.05, 0.1) is 12.7 Å². The maximum atomic E-state index is 12.3. The van der Waals surface area contributed by atoms with Crippen LogP contribution >= 0.6 is 0 Å². The van der Waals surface area contributed by atoms with Crippen LogP contribution in [0, 0.1) is 0 Å². The first-order chi connectivity index (χ1) is 19.6. The van der Waals surface area contributed by atoms with E-state index in [1.807, 2.05) is 0 Å². The fourth-order valence-electron chi connectivity index (χ4n) is 4.22. The molecule has 1 aliphatic heterocycles. The van der Waals surface area contributed by atoms with E-state index in [1.165, 1.54) is 0 Å². The molecule has 230 valence electrons. The number of carbonyl (C=O) groups excluding carboxylic acids is 6. The second kappa shape index (κ2) is 14.2. The summed E-state index contributed by atoms with van der Waals surface area (Å²) in [5.41, 5.74) is -1.03. The van der Waals surface area contributed by atoms with Gasteiger partial charge in [0.1, 0.15) is 30.1 Å². The van der Waals surface area contributed by atoms with Gasteiger partial charge in [0.15, 0.2) is 29.8 Å². The molecule has 1 heterocycles. The zero-order valence-electron chi connectivity index (χ0n) is 23.7. The van der Waals surface area contributed by atoms with Gasteiger partial charge >= 0.3 is 41.8 Å². The number of carboxylic acids is 1. The van der Waals surface area contributed by atoms with Crippen molar-refractivity contribution in [2.45, 2.75) is 72.1 Å². The topological polar surface area (TPSA) is 214 Å². The van der Waals surface area contributed by atoms with Crippen molar-refractivity contribution in [3.63, 3.8) is 0 Å². The Labute approximate surface area is 239 Å². The Kier molecular flexibility index (Phi) is 11.4. The molecule has 0 amide bonds. The van der Waals surface area contributed by atoms with Crippen molar-refractivity contribution in [3.05, 3.63) is 17.2 Å². The van der Waals surface area contributed by atoms with Gasteiger partial charge in [-0.25, -0.2) is 4.79 Å². The van der Waals surface area contributed by atoms with Crippen LogP contribution in [0.15, 0.2) is 6.07 Å². The summed E-state index contributed by atoms with van der Waals surface area (Å²) in [5, 5.41) is 9.93. The van der Waals surface area contributed by atoms with E-state index in [0.29, 0.717) is 0 Å². The molecule has 16 nitrogen and oxygen atoms in total. The summed E-state index contributed by atoms with van der Waals surface area (Å²) in [6.07, 6.45) is -8.12. The minimum atomic E-state index is -1.75. The van der Waals surface area contributed by atoms with E-state index in [4.69, 9.17) is 37.9 Å². The van der Waals surface area contributed by atoms with Gasteiger partial charge in [-0.3, -0.25) is 28.8 Å². The Bertz CT molecular complexity index is 1270. The molecule has 1 aromatic carbocycles. The van der Waals surface area contributed by atoms with Gasteiger partial charge in [0, 0.05) is 47.6 Å². The average Bonchev–Trinajstić information content (AvgIpc) is 2.84. The molecule has 1 saturated heterocycles. The van der Waals surface area contributed by atoms with Gasteiger partial charge in [0.25, 0.3) is 0 Å². The Morgan fingerprint density at radius 3 is 1.69 bits per heavy atom.